The van der Waals surface area contributed by atoms with Crippen LogP contribution in [0, 0.1) is 6.92 Å². The maximum absolute atomic E-state index is 13.3. The smallest absolute Gasteiger partial charge is 0.256 e. The Kier molecular flexibility index (Phi) is 5.62. The van der Waals surface area contributed by atoms with Gasteiger partial charge in [0.15, 0.2) is 0 Å². The molecule has 0 saturated carbocycles. The third-order valence-corrected chi connectivity index (χ3v) is 4.90. The van der Waals surface area contributed by atoms with Crippen molar-refractivity contribution in [3.8, 4) is 22.6 Å². The Morgan fingerprint density at radius 2 is 1.52 bits per heavy atom. The summed E-state index contributed by atoms with van der Waals surface area (Å²) >= 11 is 0. The summed E-state index contributed by atoms with van der Waals surface area (Å²) in [5.41, 5.74) is 2.11. The van der Waals surface area contributed by atoms with Crippen LogP contribution in [0.4, 0.5) is 5.82 Å². The highest BCUT2D eigenvalue weighted by molar-refractivity contribution is 6.06. The number of hydrogen-bond donors (Lipinski definition) is 1. The first kappa shape index (κ1) is 20.1. The number of nitrogens with zero attached hydrogens (tertiary/aromatic N) is 2. The summed E-state index contributed by atoms with van der Waals surface area (Å²) in [7, 11) is 1.55. The third kappa shape index (κ3) is 3.96. The van der Waals surface area contributed by atoms with Crippen LogP contribution in [0.15, 0.2) is 89.7 Å². The van der Waals surface area contributed by atoms with E-state index in [0.29, 0.717) is 33.8 Å². The molecule has 0 aliphatic rings. The van der Waals surface area contributed by atoms with Crippen molar-refractivity contribution in [3.63, 3.8) is 0 Å². The molecule has 4 aromatic rings. The summed E-state index contributed by atoms with van der Waals surface area (Å²) in [4.78, 5) is 26.3. The Balaban J connectivity index is 2.00. The second-order valence-corrected chi connectivity index (χ2v) is 6.91. The van der Waals surface area contributed by atoms with Crippen molar-refractivity contribution in [2.75, 3.05) is 12.4 Å². The zero-order valence-electron chi connectivity index (χ0n) is 17.2. The van der Waals surface area contributed by atoms with Crippen LogP contribution in [0.2, 0.25) is 0 Å². The molecule has 31 heavy (non-hydrogen) atoms. The molecule has 0 spiro atoms. The van der Waals surface area contributed by atoms with Crippen LogP contribution in [0.25, 0.3) is 16.8 Å². The third-order valence-electron chi connectivity index (χ3n) is 4.90. The van der Waals surface area contributed by atoms with Gasteiger partial charge in [-0.3, -0.25) is 9.59 Å². The predicted octanol–water partition coefficient (Wildman–Crippen LogP) is 4.47. The summed E-state index contributed by atoms with van der Waals surface area (Å²) in [6.07, 6.45) is 0. The van der Waals surface area contributed by atoms with Crippen LogP contribution in [-0.4, -0.2) is 22.8 Å². The van der Waals surface area contributed by atoms with Gasteiger partial charge in [-0.1, -0.05) is 54.6 Å². The van der Waals surface area contributed by atoms with Crippen LogP contribution >= 0.6 is 0 Å². The van der Waals surface area contributed by atoms with Crippen LogP contribution in [-0.2, 0) is 0 Å². The molecule has 1 amide bonds. The average molecular weight is 411 g/mol. The first-order valence-corrected chi connectivity index (χ1v) is 9.79. The van der Waals surface area contributed by atoms with E-state index in [1.807, 2.05) is 48.5 Å². The molecule has 0 unspecified atom stereocenters. The number of amides is 1. The molecule has 0 bridgehead atoms. The second-order valence-electron chi connectivity index (χ2n) is 6.91. The molecule has 0 radical (unpaired) electrons. The van der Waals surface area contributed by atoms with Crippen molar-refractivity contribution in [1.82, 2.24) is 9.78 Å². The van der Waals surface area contributed by atoms with Crippen molar-refractivity contribution in [1.29, 1.82) is 0 Å². The zero-order valence-corrected chi connectivity index (χ0v) is 17.2. The van der Waals surface area contributed by atoms with E-state index in [4.69, 9.17) is 4.74 Å². The Hall–Kier alpha value is -4.19. The first-order valence-electron chi connectivity index (χ1n) is 9.79. The fourth-order valence-corrected chi connectivity index (χ4v) is 3.38. The molecule has 0 fully saturated rings. The van der Waals surface area contributed by atoms with Gasteiger partial charge in [-0.05, 0) is 37.3 Å². The Labute approximate surface area is 179 Å². The van der Waals surface area contributed by atoms with Gasteiger partial charge in [0.05, 0.1) is 18.4 Å². The minimum Gasteiger partial charge on any atom is -0.496 e. The van der Waals surface area contributed by atoms with Gasteiger partial charge < -0.3 is 10.1 Å². The number of ether oxygens (including phenoxy) is 1. The fourth-order valence-electron chi connectivity index (χ4n) is 3.38. The van der Waals surface area contributed by atoms with Crippen molar-refractivity contribution < 1.29 is 9.53 Å². The highest BCUT2D eigenvalue weighted by Crippen LogP contribution is 2.33. The highest BCUT2D eigenvalue weighted by atomic mass is 16.5. The predicted molar refractivity (Wildman–Crippen MR) is 121 cm³/mol. The number of methoxy groups -OCH3 is 1. The maximum atomic E-state index is 13.3. The van der Waals surface area contributed by atoms with Crippen LogP contribution < -0.4 is 15.5 Å². The van der Waals surface area contributed by atoms with Gasteiger partial charge >= 0.3 is 0 Å². The molecular formula is C25H21N3O3. The lowest BCUT2D eigenvalue weighted by Gasteiger charge is -2.19. The lowest BCUT2D eigenvalue weighted by atomic mass is 10.0. The van der Waals surface area contributed by atoms with E-state index in [0.717, 1.165) is 0 Å². The number of rotatable bonds is 5. The standard InChI is InChI=1S/C25H21N3O3/c1-17-23(29)22(20-15-9-10-16-21(20)31-2)24(26-25(30)18-11-5-3-6-12-18)28(27-17)19-13-7-4-8-14-19/h3-16H,1-2H3,(H,26,30). The van der Waals surface area contributed by atoms with Gasteiger partial charge in [-0.15, -0.1) is 0 Å². The van der Waals surface area contributed by atoms with Crippen LogP contribution in [0.5, 0.6) is 5.75 Å². The summed E-state index contributed by atoms with van der Waals surface area (Å²) < 4.78 is 7.09. The summed E-state index contributed by atoms with van der Waals surface area (Å²) in [6, 6.07) is 25.4. The van der Waals surface area contributed by atoms with E-state index >= 15 is 0 Å². The van der Waals surface area contributed by atoms with E-state index in [2.05, 4.69) is 10.4 Å². The SMILES string of the molecule is COc1ccccc1-c1c(NC(=O)c2ccccc2)n(-c2ccccc2)nc(C)c1=O. The van der Waals surface area contributed by atoms with Gasteiger partial charge in [0.1, 0.15) is 17.3 Å². The molecule has 6 heteroatoms. The number of benzene rings is 3. The van der Waals surface area contributed by atoms with Crippen molar-refractivity contribution in [2.45, 2.75) is 6.92 Å². The largest absolute Gasteiger partial charge is 0.496 e. The molecule has 0 saturated heterocycles. The second kappa shape index (κ2) is 8.67. The molecule has 3 aromatic carbocycles. The maximum Gasteiger partial charge on any atom is 0.256 e. The molecule has 1 aromatic heterocycles. The quantitative estimate of drug-likeness (QED) is 0.526. The lowest BCUT2D eigenvalue weighted by molar-refractivity contribution is 0.102. The molecule has 1 heterocycles. The summed E-state index contributed by atoms with van der Waals surface area (Å²) in [5, 5.41) is 7.40. The number of para-hydroxylation sites is 2. The van der Waals surface area contributed by atoms with Crippen molar-refractivity contribution in [2.24, 2.45) is 0 Å². The number of carbonyl (C=O) groups is 1. The fraction of sp³-hybridized carbons (Fsp3) is 0.0800. The first-order chi connectivity index (χ1) is 15.1. The van der Waals surface area contributed by atoms with Crippen LogP contribution in [0.3, 0.4) is 0 Å². The minimum atomic E-state index is -0.341. The van der Waals surface area contributed by atoms with E-state index in [9.17, 15) is 9.59 Å². The molecule has 0 aliphatic heterocycles. The Bertz CT molecular complexity index is 1280. The monoisotopic (exact) mass is 411 g/mol. The molecule has 6 nitrogen and oxygen atoms in total. The number of anilines is 1. The summed E-state index contributed by atoms with van der Waals surface area (Å²) in [6.45, 7) is 1.66. The molecule has 0 atom stereocenters. The van der Waals surface area contributed by atoms with Gasteiger partial charge in [0, 0.05) is 11.1 Å². The van der Waals surface area contributed by atoms with Gasteiger partial charge in [-0.2, -0.15) is 5.10 Å². The molecule has 4 rings (SSSR count). The number of carbonyl (C=O) groups excluding carboxylic acids is 1. The Morgan fingerprint density at radius 3 is 2.19 bits per heavy atom. The minimum absolute atomic E-state index is 0.278. The molecule has 0 aliphatic carbocycles. The highest BCUT2D eigenvalue weighted by Gasteiger charge is 2.22. The zero-order chi connectivity index (χ0) is 21.8. The van der Waals surface area contributed by atoms with E-state index in [1.54, 1.807) is 55.1 Å². The van der Waals surface area contributed by atoms with E-state index < -0.39 is 0 Å². The van der Waals surface area contributed by atoms with Crippen LogP contribution in [0.1, 0.15) is 16.1 Å². The average Bonchev–Trinajstić information content (AvgIpc) is 2.82. The van der Waals surface area contributed by atoms with Crippen molar-refractivity contribution in [3.05, 3.63) is 106 Å². The Morgan fingerprint density at radius 1 is 0.903 bits per heavy atom. The number of nitrogens with one attached hydrogen (secondary N) is 1. The molecule has 154 valence electrons. The molecule has 1 N–H and O–H groups in total. The number of hydrogen-bond acceptors (Lipinski definition) is 4. The topological polar surface area (TPSA) is 73.2 Å². The van der Waals surface area contributed by atoms with Crippen molar-refractivity contribution >= 4 is 11.7 Å². The number of aromatic nitrogens is 2. The lowest BCUT2D eigenvalue weighted by Crippen LogP contribution is -2.25. The van der Waals surface area contributed by atoms with Gasteiger partial charge in [0.25, 0.3) is 5.91 Å². The molecular weight excluding hydrogens is 390 g/mol. The van der Waals surface area contributed by atoms with E-state index in [1.165, 1.54) is 0 Å². The summed E-state index contributed by atoms with van der Waals surface area (Å²) in [5.74, 6) is 0.464. The van der Waals surface area contributed by atoms with Gasteiger partial charge in [-0.25, -0.2) is 4.68 Å². The normalized spacial score (nSPS) is 10.5. The van der Waals surface area contributed by atoms with Gasteiger partial charge in [0.2, 0.25) is 5.43 Å². The van der Waals surface area contributed by atoms with E-state index in [-0.39, 0.29) is 17.2 Å². The number of aryl methyl sites for hydroxylation is 1.